The maximum absolute atomic E-state index is 13.7. The number of nitrogens with zero attached hydrogens (tertiary/aromatic N) is 2. The Morgan fingerprint density at radius 1 is 1.48 bits per heavy atom. The SMILES string of the molecule is NC1CCN(CC(=O)Nc2c(F)cccc2[N+](=O)[O-])CC1. The summed E-state index contributed by atoms with van der Waals surface area (Å²) in [4.78, 5) is 23.9. The molecular formula is C13H17FN4O3. The number of piperidine rings is 1. The summed E-state index contributed by atoms with van der Waals surface area (Å²) in [5.41, 5.74) is 4.93. The number of anilines is 1. The van der Waals surface area contributed by atoms with E-state index in [1.807, 2.05) is 4.90 Å². The second kappa shape index (κ2) is 6.59. The predicted molar refractivity (Wildman–Crippen MR) is 75.3 cm³/mol. The molecule has 0 aliphatic carbocycles. The van der Waals surface area contributed by atoms with Gasteiger partial charge in [0.2, 0.25) is 5.91 Å². The number of halogens is 1. The molecule has 0 spiro atoms. The van der Waals surface area contributed by atoms with Crippen LogP contribution in [0.4, 0.5) is 15.8 Å². The third-order valence-corrected chi connectivity index (χ3v) is 3.45. The van der Waals surface area contributed by atoms with E-state index in [9.17, 15) is 19.3 Å². The summed E-state index contributed by atoms with van der Waals surface area (Å²) in [5.74, 6) is -1.29. The largest absolute Gasteiger partial charge is 0.328 e. The van der Waals surface area contributed by atoms with Crippen molar-refractivity contribution in [3.63, 3.8) is 0 Å². The summed E-state index contributed by atoms with van der Waals surface area (Å²) >= 11 is 0. The van der Waals surface area contributed by atoms with Crippen LogP contribution >= 0.6 is 0 Å². The number of nitro benzene ring substituents is 1. The van der Waals surface area contributed by atoms with Gasteiger partial charge in [-0.3, -0.25) is 19.8 Å². The summed E-state index contributed by atoms with van der Waals surface area (Å²) in [6, 6.07) is 3.60. The number of carbonyl (C=O) groups is 1. The number of rotatable bonds is 4. The van der Waals surface area contributed by atoms with Crippen LogP contribution in [0.15, 0.2) is 18.2 Å². The van der Waals surface area contributed by atoms with Crippen molar-refractivity contribution in [1.82, 2.24) is 4.90 Å². The summed E-state index contributed by atoms with van der Waals surface area (Å²) in [5, 5.41) is 13.1. The number of nitrogens with one attached hydrogen (secondary N) is 1. The van der Waals surface area contributed by atoms with Crippen molar-refractivity contribution in [3.05, 3.63) is 34.1 Å². The molecule has 114 valence electrons. The van der Waals surface area contributed by atoms with Crippen LogP contribution in [0.5, 0.6) is 0 Å². The first-order chi connectivity index (χ1) is 9.97. The zero-order valence-corrected chi connectivity index (χ0v) is 11.4. The Bertz CT molecular complexity index is 544. The highest BCUT2D eigenvalue weighted by Gasteiger charge is 2.22. The molecule has 2 rings (SSSR count). The first-order valence-electron chi connectivity index (χ1n) is 6.68. The van der Waals surface area contributed by atoms with Crippen LogP contribution in [0.2, 0.25) is 0 Å². The van der Waals surface area contributed by atoms with E-state index in [1.54, 1.807) is 0 Å². The Balaban J connectivity index is 2.01. The van der Waals surface area contributed by atoms with E-state index in [2.05, 4.69) is 5.32 Å². The van der Waals surface area contributed by atoms with Crippen LogP contribution in [0.3, 0.4) is 0 Å². The Morgan fingerprint density at radius 2 is 2.14 bits per heavy atom. The highest BCUT2D eigenvalue weighted by molar-refractivity contribution is 5.94. The summed E-state index contributed by atoms with van der Waals surface area (Å²) in [6.45, 7) is 1.44. The van der Waals surface area contributed by atoms with Crippen LogP contribution in [0.25, 0.3) is 0 Å². The van der Waals surface area contributed by atoms with E-state index in [0.29, 0.717) is 13.1 Å². The monoisotopic (exact) mass is 296 g/mol. The first-order valence-corrected chi connectivity index (χ1v) is 6.68. The molecule has 8 heteroatoms. The van der Waals surface area contributed by atoms with Gasteiger partial charge in [0, 0.05) is 25.2 Å². The van der Waals surface area contributed by atoms with Gasteiger partial charge in [-0.05, 0) is 18.9 Å². The fraction of sp³-hybridized carbons (Fsp3) is 0.462. The molecule has 1 aliphatic rings. The molecule has 0 atom stereocenters. The van der Waals surface area contributed by atoms with Crippen molar-refractivity contribution >= 4 is 17.3 Å². The molecule has 1 aromatic carbocycles. The second-order valence-corrected chi connectivity index (χ2v) is 5.05. The van der Waals surface area contributed by atoms with Gasteiger partial charge < -0.3 is 11.1 Å². The van der Waals surface area contributed by atoms with Gasteiger partial charge >= 0.3 is 0 Å². The molecule has 7 nitrogen and oxygen atoms in total. The van der Waals surface area contributed by atoms with Gasteiger partial charge in [0.1, 0.15) is 0 Å². The normalized spacial score (nSPS) is 16.7. The van der Waals surface area contributed by atoms with E-state index in [-0.39, 0.29) is 18.3 Å². The van der Waals surface area contributed by atoms with Crippen LogP contribution in [0, 0.1) is 15.9 Å². The molecule has 1 fully saturated rings. The molecule has 3 N–H and O–H groups in total. The lowest BCUT2D eigenvalue weighted by atomic mass is 10.1. The third kappa shape index (κ3) is 3.96. The van der Waals surface area contributed by atoms with Crippen molar-refractivity contribution in [3.8, 4) is 0 Å². The second-order valence-electron chi connectivity index (χ2n) is 5.05. The van der Waals surface area contributed by atoms with E-state index < -0.39 is 22.3 Å². The molecule has 0 bridgehead atoms. The lowest BCUT2D eigenvalue weighted by Gasteiger charge is -2.29. The maximum Gasteiger partial charge on any atom is 0.295 e. The standard InChI is InChI=1S/C13H17FN4O3/c14-10-2-1-3-11(18(20)21)13(10)16-12(19)8-17-6-4-9(15)5-7-17/h1-3,9H,4-8,15H2,(H,16,19). The summed E-state index contributed by atoms with van der Waals surface area (Å²) in [6.07, 6.45) is 1.60. The highest BCUT2D eigenvalue weighted by atomic mass is 19.1. The number of amides is 1. The number of nitro groups is 1. The zero-order valence-electron chi connectivity index (χ0n) is 11.4. The van der Waals surface area contributed by atoms with E-state index in [4.69, 9.17) is 5.73 Å². The first kappa shape index (κ1) is 15.3. The molecule has 0 saturated carbocycles. The van der Waals surface area contributed by atoms with Crippen molar-refractivity contribution in [1.29, 1.82) is 0 Å². The molecule has 21 heavy (non-hydrogen) atoms. The number of para-hydroxylation sites is 1. The van der Waals surface area contributed by atoms with Gasteiger partial charge in [0.25, 0.3) is 5.69 Å². The van der Waals surface area contributed by atoms with Gasteiger partial charge in [-0.25, -0.2) is 4.39 Å². The van der Waals surface area contributed by atoms with Crippen molar-refractivity contribution in [2.45, 2.75) is 18.9 Å². The zero-order chi connectivity index (χ0) is 15.4. The van der Waals surface area contributed by atoms with Crippen molar-refractivity contribution < 1.29 is 14.1 Å². The number of likely N-dealkylation sites (tertiary alicyclic amines) is 1. The number of carbonyl (C=O) groups excluding carboxylic acids is 1. The quantitative estimate of drug-likeness (QED) is 0.640. The third-order valence-electron chi connectivity index (χ3n) is 3.45. The summed E-state index contributed by atoms with van der Waals surface area (Å²) < 4.78 is 13.7. The number of hydrogen-bond acceptors (Lipinski definition) is 5. The van der Waals surface area contributed by atoms with Crippen molar-refractivity contribution in [2.24, 2.45) is 5.73 Å². The average Bonchev–Trinajstić information content (AvgIpc) is 2.43. The lowest BCUT2D eigenvalue weighted by Crippen LogP contribution is -2.43. The molecule has 1 aliphatic heterocycles. The predicted octanol–water partition coefficient (Wildman–Crippen LogP) is 1.10. The fourth-order valence-corrected chi connectivity index (χ4v) is 2.28. The van der Waals surface area contributed by atoms with Gasteiger partial charge in [-0.1, -0.05) is 6.07 Å². The van der Waals surface area contributed by atoms with E-state index >= 15 is 0 Å². The van der Waals surface area contributed by atoms with Crippen LogP contribution in [-0.4, -0.2) is 41.4 Å². The Hall–Kier alpha value is -2.06. The molecule has 1 heterocycles. The maximum atomic E-state index is 13.7. The molecule has 1 saturated heterocycles. The minimum absolute atomic E-state index is 0.0677. The number of hydrogen-bond donors (Lipinski definition) is 2. The highest BCUT2D eigenvalue weighted by Crippen LogP contribution is 2.26. The number of benzene rings is 1. The molecule has 1 aromatic rings. The van der Waals surface area contributed by atoms with Crippen LogP contribution in [0.1, 0.15) is 12.8 Å². The topological polar surface area (TPSA) is 102 Å². The molecular weight excluding hydrogens is 279 g/mol. The van der Waals surface area contributed by atoms with Crippen LogP contribution in [-0.2, 0) is 4.79 Å². The van der Waals surface area contributed by atoms with Gasteiger partial charge in [0.15, 0.2) is 11.5 Å². The molecule has 0 radical (unpaired) electrons. The molecule has 0 unspecified atom stereocenters. The summed E-state index contributed by atoms with van der Waals surface area (Å²) in [7, 11) is 0. The van der Waals surface area contributed by atoms with E-state index in [1.165, 1.54) is 6.07 Å². The Kier molecular flexibility index (Phi) is 4.81. The van der Waals surface area contributed by atoms with Crippen molar-refractivity contribution in [2.75, 3.05) is 25.0 Å². The van der Waals surface area contributed by atoms with E-state index in [0.717, 1.165) is 25.0 Å². The molecule has 0 aromatic heterocycles. The van der Waals surface area contributed by atoms with Gasteiger partial charge in [0.05, 0.1) is 11.5 Å². The Morgan fingerprint density at radius 3 is 2.76 bits per heavy atom. The number of nitrogens with two attached hydrogens (primary N) is 1. The van der Waals surface area contributed by atoms with Crippen LogP contribution < -0.4 is 11.1 Å². The Labute approximate surface area is 121 Å². The molecule has 1 amide bonds. The minimum Gasteiger partial charge on any atom is -0.328 e. The lowest BCUT2D eigenvalue weighted by molar-refractivity contribution is -0.384. The minimum atomic E-state index is -0.821. The fourth-order valence-electron chi connectivity index (χ4n) is 2.28. The smallest absolute Gasteiger partial charge is 0.295 e. The van der Waals surface area contributed by atoms with Gasteiger partial charge in [-0.15, -0.1) is 0 Å². The average molecular weight is 296 g/mol. The van der Waals surface area contributed by atoms with Gasteiger partial charge in [-0.2, -0.15) is 0 Å².